The van der Waals surface area contributed by atoms with Gasteiger partial charge in [0.05, 0.1) is 49.4 Å². The van der Waals surface area contributed by atoms with E-state index in [4.69, 9.17) is 38.6 Å². The molecule has 3 aliphatic heterocycles. The van der Waals surface area contributed by atoms with Crippen LogP contribution in [0.3, 0.4) is 0 Å². The second-order valence-electron chi connectivity index (χ2n) is 10.3. The van der Waals surface area contributed by atoms with Gasteiger partial charge in [0.15, 0.2) is 0 Å². The Morgan fingerprint density at radius 3 is 1.62 bits per heavy atom. The van der Waals surface area contributed by atoms with Crippen LogP contribution in [-0.2, 0) is 61.9 Å². The molecule has 6 atom stereocenters. The summed E-state index contributed by atoms with van der Waals surface area (Å²) >= 11 is 0. The first-order valence-corrected chi connectivity index (χ1v) is 14.2. The van der Waals surface area contributed by atoms with Gasteiger partial charge in [0.2, 0.25) is 0 Å². The predicted octanol–water partition coefficient (Wildman–Crippen LogP) is 2.87. The van der Waals surface area contributed by atoms with Crippen molar-refractivity contribution in [2.75, 3.05) is 13.2 Å². The van der Waals surface area contributed by atoms with Gasteiger partial charge >= 0.3 is 29.8 Å². The van der Waals surface area contributed by atoms with Gasteiger partial charge < -0.3 is 43.4 Å². The molecule has 0 amide bonds. The number of cyclic esters (lactones) is 2. The number of ether oxygens (including phenoxy) is 7. The summed E-state index contributed by atoms with van der Waals surface area (Å²) in [5.74, 6) is -2.70. The number of carbonyl (C=O) groups excluding carboxylic acids is 6. The molecule has 17 heteroatoms. The zero-order valence-corrected chi connectivity index (χ0v) is 35.2. The summed E-state index contributed by atoms with van der Waals surface area (Å²) in [5.41, 5.74) is 0. The van der Waals surface area contributed by atoms with E-state index in [1.54, 1.807) is 6.61 Å². The fourth-order valence-corrected chi connectivity index (χ4v) is 3.80. The molecule has 0 aromatic rings. The van der Waals surface area contributed by atoms with Crippen LogP contribution in [0.15, 0.2) is 24.7 Å². The molecule has 15 nitrogen and oxygen atoms in total. The fourth-order valence-electron chi connectivity index (χ4n) is 3.80. The predicted molar refractivity (Wildman–Crippen MR) is 152 cm³/mol. The number of carbonyl (C=O) groups is 6. The van der Waals surface area contributed by atoms with E-state index in [0.29, 0.717) is 0 Å². The summed E-state index contributed by atoms with van der Waals surface area (Å²) < 4.78 is 34.9. The van der Waals surface area contributed by atoms with Crippen LogP contribution in [0.2, 0.25) is 0 Å². The maximum absolute atomic E-state index is 11.4. The molecule has 0 saturated carbocycles. The normalized spacial score (nSPS) is 23.9. The molecule has 0 aliphatic carbocycles. The first kappa shape index (κ1) is 47.2. The van der Waals surface area contributed by atoms with E-state index in [2.05, 4.69) is 17.9 Å². The van der Waals surface area contributed by atoms with E-state index in [9.17, 15) is 28.8 Å². The van der Waals surface area contributed by atoms with Gasteiger partial charge in [0.25, 0.3) is 5.97 Å². The Hall–Kier alpha value is -1.88. The van der Waals surface area contributed by atoms with E-state index in [1.807, 2.05) is 13.8 Å². The molecule has 47 heavy (non-hydrogen) atoms. The Labute approximate surface area is 321 Å². The number of allylic oxidation sites excluding steroid dienone is 2. The summed E-state index contributed by atoms with van der Waals surface area (Å²) in [6, 6.07) is 0. The molecule has 0 aromatic heterocycles. The standard InChI is InChI=1S/2C13H19O6.C4H4O3.2U/c1-8-6-17-11(13(8)19-10(3)15)7-18-12(16)5-4-9(2)14;1-8(14)4-5-13(16)18-6-11-9(2)12(7-17-11)19-10(3)15;5-3-1-2-4(6)7-3;;/h6,8,11,13-14H,2,4-5,7H2,1,3H3;7,9,11-12,14H,1,4-6H2,2-3H3;1-2H2;;/q2*-1;;;. The molecule has 262 valence electrons. The van der Waals surface area contributed by atoms with E-state index in [-0.39, 0.29) is 149 Å². The quantitative estimate of drug-likeness (QED) is 0.0948. The second kappa shape index (κ2) is 25.1. The smallest absolute Gasteiger partial charge is 0.314 e. The Balaban J connectivity index is 0. The van der Waals surface area contributed by atoms with Gasteiger partial charge in [-0.1, -0.05) is 27.0 Å². The van der Waals surface area contributed by atoms with Gasteiger partial charge in [-0.2, -0.15) is 6.61 Å². The molecule has 0 radical (unpaired) electrons. The Morgan fingerprint density at radius 2 is 1.21 bits per heavy atom. The van der Waals surface area contributed by atoms with Crippen molar-refractivity contribution in [1.82, 2.24) is 0 Å². The summed E-state index contributed by atoms with van der Waals surface area (Å²) in [7, 11) is 0. The third-order valence-corrected chi connectivity index (χ3v) is 6.26. The average Bonchev–Trinajstić information content (AvgIpc) is 3.62. The Bertz CT molecular complexity index is 1070. The molecular weight excluding hydrogens is 1080 g/mol. The topological polar surface area (TPSA) is 207 Å². The molecule has 3 saturated heterocycles. The van der Waals surface area contributed by atoms with Crippen LogP contribution in [0.5, 0.6) is 0 Å². The summed E-state index contributed by atoms with van der Waals surface area (Å²) in [6.07, 6.45) is -0.671. The monoisotopic (exact) mass is 1120 g/mol. The third-order valence-electron chi connectivity index (χ3n) is 6.26. The molecule has 6 unspecified atom stereocenters. The van der Waals surface area contributed by atoms with Crippen LogP contribution in [-0.4, -0.2) is 83.7 Å². The molecule has 0 spiro atoms. The first-order chi connectivity index (χ1) is 21.1. The van der Waals surface area contributed by atoms with Crippen molar-refractivity contribution < 1.29 is 134 Å². The van der Waals surface area contributed by atoms with Crippen LogP contribution in [0, 0.1) is 87.3 Å². The van der Waals surface area contributed by atoms with Gasteiger partial charge in [-0.05, 0) is 5.92 Å². The van der Waals surface area contributed by atoms with E-state index in [1.165, 1.54) is 20.5 Å². The van der Waals surface area contributed by atoms with Gasteiger partial charge in [-0.3, -0.25) is 28.8 Å². The van der Waals surface area contributed by atoms with Gasteiger partial charge in [-0.15, -0.1) is 5.92 Å². The van der Waals surface area contributed by atoms with Crippen molar-refractivity contribution in [3.8, 4) is 0 Å². The molecule has 2 N–H and O–H groups in total. The maximum Gasteiger partial charge on any atom is 0.314 e. The molecule has 3 aliphatic rings. The average molecular weight is 1120 g/mol. The van der Waals surface area contributed by atoms with Crippen LogP contribution in [0.4, 0.5) is 0 Å². The van der Waals surface area contributed by atoms with Crippen molar-refractivity contribution in [2.24, 2.45) is 11.8 Å². The van der Waals surface area contributed by atoms with E-state index >= 15 is 0 Å². The van der Waals surface area contributed by atoms with E-state index in [0.717, 1.165) is 0 Å². The fraction of sp³-hybridized carbons (Fsp3) is 0.600. The zero-order chi connectivity index (χ0) is 34.1. The van der Waals surface area contributed by atoms with Crippen molar-refractivity contribution >= 4 is 35.8 Å². The second-order valence-corrected chi connectivity index (χ2v) is 10.3. The van der Waals surface area contributed by atoms with Gasteiger partial charge in [-0.25, -0.2) is 6.61 Å². The minimum absolute atomic E-state index is 0. The Morgan fingerprint density at radius 1 is 0.766 bits per heavy atom. The number of rotatable bonds is 12. The molecule has 3 heterocycles. The molecular formula is C30H42O15U2-2. The summed E-state index contributed by atoms with van der Waals surface area (Å²) in [6.45, 7) is 16.0. The molecule has 3 fully saturated rings. The molecule has 0 aromatic carbocycles. The number of esters is 6. The van der Waals surface area contributed by atoms with Crippen LogP contribution in [0.1, 0.15) is 66.2 Å². The zero-order valence-electron chi connectivity index (χ0n) is 26.9. The minimum atomic E-state index is -0.486. The van der Waals surface area contributed by atoms with Crippen molar-refractivity contribution in [1.29, 1.82) is 0 Å². The minimum Gasteiger partial charge on any atom is -0.544 e. The third kappa shape index (κ3) is 21.0. The van der Waals surface area contributed by atoms with Crippen LogP contribution in [0.25, 0.3) is 0 Å². The van der Waals surface area contributed by atoms with Crippen LogP contribution < -0.4 is 0 Å². The van der Waals surface area contributed by atoms with Gasteiger partial charge in [0.1, 0.15) is 19.3 Å². The maximum atomic E-state index is 11.4. The molecule has 3 rings (SSSR count). The number of aliphatic hydroxyl groups excluding tert-OH is 2. The van der Waals surface area contributed by atoms with Crippen molar-refractivity contribution in [3.05, 3.63) is 37.9 Å². The Kier molecular flexibility index (Phi) is 25.3. The largest absolute Gasteiger partial charge is 0.544 e. The number of hydrogen-bond donors (Lipinski definition) is 2. The number of hydrogen-bond acceptors (Lipinski definition) is 15. The van der Waals surface area contributed by atoms with E-state index < -0.39 is 48.2 Å². The summed E-state index contributed by atoms with van der Waals surface area (Å²) in [5, 5.41) is 17.7. The van der Waals surface area contributed by atoms with Crippen molar-refractivity contribution in [3.63, 3.8) is 0 Å². The van der Waals surface area contributed by atoms with Crippen LogP contribution >= 0.6 is 0 Å². The SMILES string of the molecule is C=C(O)CCC(=O)OCC1O[CH-]C(C)C1OC(C)=O.C=C(O)CCC(=O)OCC1O[CH-]C(OC(C)=O)C1C.O=C1CCC(=O)O1.[U].[U]. The number of aliphatic hydroxyl groups is 2. The first-order valence-electron chi connectivity index (χ1n) is 14.2. The van der Waals surface area contributed by atoms with Crippen molar-refractivity contribution in [2.45, 2.75) is 90.6 Å². The molecule has 0 bridgehead atoms. The summed E-state index contributed by atoms with van der Waals surface area (Å²) in [4.78, 5) is 64.6. The van der Waals surface area contributed by atoms with Gasteiger partial charge in [0, 0.05) is 95.0 Å².